The summed E-state index contributed by atoms with van der Waals surface area (Å²) in [4.78, 5) is 27.8. The maximum Gasteiger partial charge on any atom is 0.311 e. The summed E-state index contributed by atoms with van der Waals surface area (Å²) in [7, 11) is 0. The Morgan fingerprint density at radius 3 is 1.45 bits per heavy atom. The van der Waals surface area contributed by atoms with Gasteiger partial charge in [-0.1, -0.05) is 0 Å². The van der Waals surface area contributed by atoms with Gasteiger partial charge in [0.15, 0.2) is 11.6 Å². The van der Waals surface area contributed by atoms with Crippen molar-refractivity contribution in [3.05, 3.63) is 23.3 Å². The van der Waals surface area contributed by atoms with E-state index < -0.39 is 11.9 Å². The molecule has 0 saturated carbocycles. The molecule has 0 spiro atoms. The Balaban J connectivity index is 0.000000200. The summed E-state index contributed by atoms with van der Waals surface area (Å²) in [5.41, 5.74) is 0. The second-order valence-electron chi connectivity index (χ2n) is 3.82. The molecule has 108 valence electrons. The molecule has 20 heavy (non-hydrogen) atoms. The first kappa shape index (κ1) is 15.3. The molecule has 10 heteroatoms. The van der Waals surface area contributed by atoms with Crippen molar-refractivity contribution >= 4 is 11.9 Å². The summed E-state index contributed by atoms with van der Waals surface area (Å²) in [6.07, 6.45) is -0.241. The van der Waals surface area contributed by atoms with Crippen LogP contribution in [-0.2, 0) is 22.4 Å². The second-order valence-corrected chi connectivity index (χ2v) is 3.82. The topological polar surface area (TPSA) is 158 Å². The molecule has 0 amide bonds. The van der Waals surface area contributed by atoms with E-state index in [1.54, 1.807) is 13.8 Å². The smallest absolute Gasteiger partial charge is 0.311 e. The number of hydrogen-bond acceptors (Lipinski definition) is 6. The van der Waals surface area contributed by atoms with Crippen LogP contribution in [0.15, 0.2) is 0 Å². The first-order chi connectivity index (χ1) is 9.36. The standard InChI is InChI=1S/2C5H7N3O2/c2*1-3-6-4(8-7-3)2-5(9)10/h2*2H2,1H3,(H,9,10)(H,6,7,8). The lowest BCUT2D eigenvalue weighted by Gasteiger charge is -1.83. The van der Waals surface area contributed by atoms with Gasteiger partial charge in [-0.3, -0.25) is 19.8 Å². The average molecular weight is 282 g/mol. The molecule has 10 nitrogen and oxygen atoms in total. The third-order valence-electron chi connectivity index (χ3n) is 1.91. The van der Waals surface area contributed by atoms with E-state index in [9.17, 15) is 9.59 Å². The van der Waals surface area contributed by atoms with E-state index in [1.165, 1.54) is 0 Å². The summed E-state index contributed by atoms with van der Waals surface area (Å²) in [5, 5.41) is 28.9. The summed E-state index contributed by atoms with van der Waals surface area (Å²) in [6.45, 7) is 3.44. The fraction of sp³-hybridized carbons (Fsp3) is 0.400. The minimum Gasteiger partial charge on any atom is -0.481 e. The van der Waals surface area contributed by atoms with Gasteiger partial charge in [0.05, 0.1) is 0 Å². The van der Waals surface area contributed by atoms with Crippen LogP contribution >= 0.6 is 0 Å². The van der Waals surface area contributed by atoms with Crippen molar-refractivity contribution in [1.29, 1.82) is 0 Å². The van der Waals surface area contributed by atoms with Crippen molar-refractivity contribution in [3.63, 3.8) is 0 Å². The highest BCUT2D eigenvalue weighted by molar-refractivity contribution is 5.69. The Morgan fingerprint density at radius 1 is 0.900 bits per heavy atom. The number of hydrogen-bond donors (Lipinski definition) is 4. The molecular formula is C10H14N6O4. The summed E-state index contributed by atoms with van der Waals surface area (Å²) < 4.78 is 0. The zero-order chi connectivity index (χ0) is 15.1. The third kappa shape index (κ3) is 5.71. The predicted molar refractivity (Wildman–Crippen MR) is 64.9 cm³/mol. The predicted octanol–water partition coefficient (Wildman–Crippen LogP) is -0.520. The minimum absolute atomic E-state index is 0.121. The molecule has 0 saturated heterocycles. The number of carboxylic acid groups (broad SMARTS) is 2. The first-order valence-electron chi connectivity index (χ1n) is 5.56. The largest absolute Gasteiger partial charge is 0.481 e. The molecule has 2 aromatic rings. The number of aliphatic carboxylic acids is 2. The third-order valence-corrected chi connectivity index (χ3v) is 1.91. The van der Waals surface area contributed by atoms with Gasteiger partial charge in [-0.2, -0.15) is 10.2 Å². The Kier molecular flexibility index (Phi) is 5.32. The molecule has 0 radical (unpaired) electrons. The summed E-state index contributed by atoms with van der Waals surface area (Å²) >= 11 is 0. The van der Waals surface area contributed by atoms with E-state index in [0.717, 1.165) is 0 Å². The van der Waals surface area contributed by atoms with E-state index in [1.807, 2.05) is 0 Å². The van der Waals surface area contributed by atoms with Crippen LogP contribution in [-0.4, -0.2) is 52.5 Å². The van der Waals surface area contributed by atoms with Gasteiger partial charge in [-0.25, -0.2) is 9.97 Å². The molecule has 0 atom stereocenters. The Bertz CT molecular complexity index is 538. The van der Waals surface area contributed by atoms with Gasteiger partial charge in [0, 0.05) is 0 Å². The minimum atomic E-state index is -0.918. The molecule has 4 N–H and O–H groups in total. The van der Waals surface area contributed by atoms with Crippen molar-refractivity contribution in [3.8, 4) is 0 Å². The van der Waals surface area contributed by atoms with Crippen LogP contribution in [0.3, 0.4) is 0 Å². The highest BCUT2D eigenvalue weighted by atomic mass is 16.4. The Morgan fingerprint density at radius 2 is 1.25 bits per heavy atom. The molecule has 0 aliphatic carbocycles. The van der Waals surface area contributed by atoms with Crippen molar-refractivity contribution < 1.29 is 19.8 Å². The van der Waals surface area contributed by atoms with E-state index in [-0.39, 0.29) is 12.8 Å². The molecular weight excluding hydrogens is 268 g/mol. The molecule has 2 rings (SSSR count). The molecule has 0 aromatic carbocycles. The number of aromatic amines is 2. The SMILES string of the molecule is Cc1nc(CC(=O)O)n[nH]1.Cc1nc(CC(=O)O)n[nH]1. The number of carboxylic acids is 2. The van der Waals surface area contributed by atoms with Crippen LogP contribution in [0.5, 0.6) is 0 Å². The number of carbonyl (C=O) groups is 2. The first-order valence-corrected chi connectivity index (χ1v) is 5.56. The van der Waals surface area contributed by atoms with Gasteiger partial charge in [0.2, 0.25) is 0 Å². The van der Waals surface area contributed by atoms with Crippen molar-refractivity contribution in [1.82, 2.24) is 30.4 Å². The van der Waals surface area contributed by atoms with Crippen molar-refractivity contribution in [2.24, 2.45) is 0 Å². The zero-order valence-corrected chi connectivity index (χ0v) is 10.9. The molecule has 2 aromatic heterocycles. The normalized spacial score (nSPS) is 9.70. The van der Waals surface area contributed by atoms with Crippen LogP contribution in [0.25, 0.3) is 0 Å². The summed E-state index contributed by atoms with van der Waals surface area (Å²) in [5.74, 6) is 0.0838. The lowest BCUT2D eigenvalue weighted by Crippen LogP contribution is -2.01. The molecule has 0 bridgehead atoms. The van der Waals surface area contributed by atoms with Crippen LogP contribution in [0.2, 0.25) is 0 Å². The number of nitrogens with zero attached hydrogens (tertiary/aromatic N) is 4. The van der Waals surface area contributed by atoms with E-state index in [2.05, 4.69) is 30.4 Å². The van der Waals surface area contributed by atoms with Crippen LogP contribution in [0.4, 0.5) is 0 Å². The van der Waals surface area contributed by atoms with Crippen LogP contribution in [0, 0.1) is 13.8 Å². The van der Waals surface area contributed by atoms with Gasteiger partial charge in [0.1, 0.15) is 24.5 Å². The fourth-order valence-electron chi connectivity index (χ4n) is 1.21. The van der Waals surface area contributed by atoms with Gasteiger partial charge in [-0.15, -0.1) is 0 Å². The Labute approximate surface area is 113 Å². The monoisotopic (exact) mass is 282 g/mol. The molecule has 0 aliphatic rings. The van der Waals surface area contributed by atoms with Gasteiger partial charge < -0.3 is 10.2 Å². The summed E-state index contributed by atoms with van der Waals surface area (Å²) in [6, 6.07) is 0. The van der Waals surface area contributed by atoms with E-state index in [4.69, 9.17) is 10.2 Å². The lowest BCUT2D eigenvalue weighted by molar-refractivity contribution is -0.137. The quantitative estimate of drug-likeness (QED) is 0.583. The number of nitrogens with one attached hydrogen (secondary N) is 2. The average Bonchev–Trinajstić information content (AvgIpc) is 2.87. The molecule has 0 unspecified atom stereocenters. The van der Waals surface area contributed by atoms with E-state index in [0.29, 0.717) is 23.3 Å². The zero-order valence-electron chi connectivity index (χ0n) is 10.9. The number of aromatic nitrogens is 6. The van der Waals surface area contributed by atoms with Gasteiger partial charge in [0.25, 0.3) is 0 Å². The van der Waals surface area contributed by atoms with E-state index >= 15 is 0 Å². The van der Waals surface area contributed by atoms with Crippen LogP contribution in [0.1, 0.15) is 23.3 Å². The van der Waals surface area contributed by atoms with Crippen LogP contribution < -0.4 is 0 Å². The molecule has 0 aliphatic heterocycles. The number of aryl methyl sites for hydroxylation is 2. The van der Waals surface area contributed by atoms with Gasteiger partial charge >= 0.3 is 11.9 Å². The second kappa shape index (κ2) is 6.97. The Hall–Kier alpha value is -2.78. The highest BCUT2D eigenvalue weighted by Crippen LogP contribution is 1.91. The number of H-pyrrole nitrogens is 2. The molecule has 2 heterocycles. The number of rotatable bonds is 4. The van der Waals surface area contributed by atoms with Crippen molar-refractivity contribution in [2.75, 3.05) is 0 Å². The fourth-order valence-corrected chi connectivity index (χ4v) is 1.21. The van der Waals surface area contributed by atoms with Gasteiger partial charge in [-0.05, 0) is 13.8 Å². The molecule has 0 fully saturated rings. The highest BCUT2D eigenvalue weighted by Gasteiger charge is 2.04. The lowest BCUT2D eigenvalue weighted by atomic mass is 10.4. The maximum absolute atomic E-state index is 10.1. The maximum atomic E-state index is 10.1. The van der Waals surface area contributed by atoms with Crippen molar-refractivity contribution in [2.45, 2.75) is 26.7 Å².